The molecule has 4 rings (SSSR count). The van der Waals surface area contributed by atoms with Gasteiger partial charge in [0.05, 0.1) is 0 Å². The van der Waals surface area contributed by atoms with Crippen molar-refractivity contribution in [2.45, 2.75) is 46.1 Å². The number of hydrogen-bond donors (Lipinski definition) is 1. The summed E-state index contributed by atoms with van der Waals surface area (Å²) >= 11 is 1.86. The number of benzene rings is 1. The van der Waals surface area contributed by atoms with Gasteiger partial charge in [0.1, 0.15) is 0 Å². The van der Waals surface area contributed by atoms with Crippen LogP contribution in [-0.2, 0) is 19.4 Å². The molecule has 0 amide bonds. The molecule has 1 N–H and O–H groups in total. The highest BCUT2D eigenvalue weighted by molar-refractivity contribution is 7.15. The third kappa shape index (κ3) is 5.42. The molecule has 1 aliphatic heterocycles. The summed E-state index contributed by atoms with van der Waals surface area (Å²) in [4.78, 5) is 20.3. The minimum atomic E-state index is 0. The zero-order valence-electron chi connectivity index (χ0n) is 17.8. The van der Waals surface area contributed by atoms with E-state index in [1.807, 2.05) is 25.2 Å². The molecule has 0 bridgehead atoms. The zero-order valence-corrected chi connectivity index (χ0v) is 19.5. The Morgan fingerprint density at radius 3 is 2.53 bits per heavy atom. The number of aromatic nitrogens is 1. The first kappa shape index (κ1) is 22.8. The highest BCUT2D eigenvalue weighted by Crippen LogP contribution is 2.31. The number of aromatic amines is 1. The van der Waals surface area contributed by atoms with E-state index in [0.29, 0.717) is 0 Å². The molecule has 0 saturated carbocycles. The van der Waals surface area contributed by atoms with Gasteiger partial charge in [0.2, 0.25) is 0 Å². The summed E-state index contributed by atoms with van der Waals surface area (Å²) in [5, 5.41) is 0. The van der Waals surface area contributed by atoms with Gasteiger partial charge >= 0.3 is 0 Å². The fraction of sp³-hybridized carbons (Fsp3) is 0.400. The average molecular weight is 443 g/mol. The van der Waals surface area contributed by atoms with Gasteiger partial charge in [0.25, 0.3) is 5.56 Å². The number of rotatable bonds is 6. The highest BCUT2D eigenvalue weighted by atomic mass is 35.5. The van der Waals surface area contributed by atoms with Crippen molar-refractivity contribution in [2.24, 2.45) is 5.92 Å². The lowest BCUT2D eigenvalue weighted by atomic mass is 9.90. The van der Waals surface area contributed by atoms with Crippen LogP contribution < -0.4 is 5.56 Å². The first-order valence-electron chi connectivity index (χ1n) is 10.7. The number of H-pyrrole nitrogens is 1. The number of nitrogens with zero attached hydrogens (tertiary/aromatic N) is 1. The van der Waals surface area contributed by atoms with Crippen LogP contribution in [-0.4, -0.2) is 23.0 Å². The summed E-state index contributed by atoms with van der Waals surface area (Å²) in [5.41, 5.74) is 4.50. The summed E-state index contributed by atoms with van der Waals surface area (Å²) in [6, 6.07) is 17.4. The molecule has 0 radical (unpaired) electrons. The molecule has 30 heavy (non-hydrogen) atoms. The van der Waals surface area contributed by atoms with Gasteiger partial charge in [-0.05, 0) is 75.4 Å². The Labute approximate surface area is 189 Å². The Morgan fingerprint density at radius 1 is 1.10 bits per heavy atom. The third-order valence-electron chi connectivity index (χ3n) is 6.08. The number of likely N-dealkylation sites (tertiary alicyclic amines) is 1. The molecule has 5 heteroatoms. The lowest BCUT2D eigenvalue weighted by Crippen LogP contribution is -2.33. The Kier molecular flexibility index (Phi) is 7.93. The largest absolute Gasteiger partial charge is 0.326 e. The second-order valence-corrected chi connectivity index (χ2v) is 9.36. The van der Waals surface area contributed by atoms with Crippen molar-refractivity contribution in [1.29, 1.82) is 0 Å². The maximum absolute atomic E-state index is 12.0. The van der Waals surface area contributed by atoms with E-state index in [4.69, 9.17) is 0 Å². The summed E-state index contributed by atoms with van der Waals surface area (Å²) in [5.74, 6) is 0.809. The van der Waals surface area contributed by atoms with Gasteiger partial charge in [-0.15, -0.1) is 23.7 Å². The second-order valence-electron chi connectivity index (χ2n) is 8.19. The van der Waals surface area contributed by atoms with Gasteiger partial charge in [-0.2, -0.15) is 0 Å². The van der Waals surface area contributed by atoms with Crippen molar-refractivity contribution in [3.63, 3.8) is 0 Å². The molecule has 3 heterocycles. The van der Waals surface area contributed by atoms with Crippen LogP contribution in [0.2, 0.25) is 0 Å². The molecule has 160 valence electrons. The lowest BCUT2D eigenvalue weighted by molar-refractivity contribution is 0.178. The number of halogens is 1. The Bertz CT molecular complexity index is 1000. The third-order valence-corrected chi connectivity index (χ3v) is 7.18. The standard InChI is InChI=1S/C25H30N2OS.ClH/c1-3-21-16-23(18(2)26-25(21)28)24-10-9-22(29-24)17-27-13-11-20(12-14-27)15-19-7-5-4-6-8-19;/h4-10,16,20H,3,11-15,17H2,1-2H3,(H,26,28);1H. The number of piperidine rings is 1. The summed E-state index contributed by atoms with van der Waals surface area (Å²) in [7, 11) is 0. The van der Waals surface area contributed by atoms with Gasteiger partial charge in [0, 0.05) is 33.1 Å². The smallest absolute Gasteiger partial charge is 0.251 e. The number of nitrogens with one attached hydrogen (secondary N) is 1. The van der Waals surface area contributed by atoms with Crippen molar-refractivity contribution in [1.82, 2.24) is 9.88 Å². The van der Waals surface area contributed by atoms with E-state index in [1.165, 1.54) is 53.2 Å². The van der Waals surface area contributed by atoms with Crippen LogP contribution in [0.15, 0.2) is 53.3 Å². The van der Waals surface area contributed by atoms with E-state index < -0.39 is 0 Å². The van der Waals surface area contributed by atoms with Crippen LogP contribution in [0.4, 0.5) is 0 Å². The highest BCUT2D eigenvalue weighted by Gasteiger charge is 2.20. The van der Waals surface area contributed by atoms with E-state index in [2.05, 4.69) is 58.4 Å². The minimum absolute atomic E-state index is 0. The fourth-order valence-corrected chi connectivity index (χ4v) is 5.43. The Morgan fingerprint density at radius 2 is 1.83 bits per heavy atom. The molecule has 0 aliphatic carbocycles. The quantitative estimate of drug-likeness (QED) is 0.519. The molecule has 0 spiro atoms. The Balaban J connectivity index is 0.00000256. The molecule has 1 aromatic carbocycles. The molecule has 0 atom stereocenters. The zero-order chi connectivity index (χ0) is 20.2. The Hall–Kier alpha value is -1.88. The first-order chi connectivity index (χ1) is 14.1. The molecular weight excluding hydrogens is 412 g/mol. The predicted molar refractivity (Wildman–Crippen MR) is 130 cm³/mol. The van der Waals surface area contributed by atoms with Crippen LogP contribution in [0.25, 0.3) is 10.4 Å². The van der Waals surface area contributed by atoms with Gasteiger partial charge in [-0.3, -0.25) is 9.69 Å². The normalized spacial score (nSPS) is 15.1. The number of hydrogen-bond acceptors (Lipinski definition) is 3. The monoisotopic (exact) mass is 442 g/mol. The van der Waals surface area contributed by atoms with E-state index in [-0.39, 0.29) is 18.0 Å². The van der Waals surface area contributed by atoms with Crippen molar-refractivity contribution < 1.29 is 0 Å². The molecular formula is C25H31ClN2OS. The van der Waals surface area contributed by atoms with E-state index in [0.717, 1.165) is 30.1 Å². The lowest BCUT2D eigenvalue weighted by Gasteiger charge is -2.31. The molecule has 0 unspecified atom stereocenters. The topological polar surface area (TPSA) is 36.1 Å². The van der Waals surface area contributed by atoms with E-state index in [1.54, 1.807) is 0 Å². The molecule has 2 aromatic heterocycles. The molecule has 3 nitrogen and oxygen atoms in total. The van der Waals surface area contributed by atoms with Crippen molar-refractivity contribution >= 4 is 23.7 Å². The van der Waals surface area contributed by atoms with E-state index >= 15 is 0 Å². The van der Waals surface area contributed by atoms with Gasteiger partial charge in [0.15, 0.2) is 0 Å². The summed E-state index contributed by atoms with van der Waals surface area (Å²) in [6.45, 7) is 7.43. The maximum Gasteiger partial charge on any atom is 0.251 e. The van der Waals surface area contributed by atoms with Crippen LogP contribution in [0.3, 0.4) is 0 Å². The number of pyridine rings is 1. The van der Waals surface area contributed by atoms with Crippen LogP contribution >= 0.6 is 23.7 Å². The first-order valence-corrected chi connectivity index (χ1v) is 11.5. The van der Waals surface area contributed by atoms with Crippen molar-refractivity contribution in [3.05, 3.63) is 80.6 Å². The van der Waals surface area contributed by atoms with Crippen molar-refractivity contribution in [2.75, 3.05) is 13.1 Å². The van der Waals surface area contributed by atoms with Gasteiger partial charge in [-0.25, -0.2) is 0 Å². The molecule has 1 aliphatic rings. The van der Waals surface area contributed by atoms with Crippen LogP contribution in [0.1, 0.15) is 41.5 Å². The fourth-order valence-electron chi connectivity index (χ4n) is 4.31. The van der Waals surface area contributed by atoms with Gasteiger partial charge in [-0.1, -0.05) is 37.3 Å². The number of thiophene rings is 1. The summed E-state index contributed by atoms with van der Waals surface area (Å²) < 4.78 is 0. The average Bonchev–Trinajstić information content (AvgIpc) is 3.18. The minimum Gasteiger partial charge on any atom is -0.326 e. The second kappa shape index (κ2) is 10.4. The predicted octanol–water partition coefficient (Wildman–Crippen LogP) is 5.85. The van der Waals surface area contributed by atoms with E-state index in [9.17, 15) is 4.79 Å². The molecule has 1 fully saturated rings. The van der Waals surface area contributed by atoms with Crippen LogP contribution in [0.5, 0.6) is 0 Å². The van der Waals surface area contributed by atoms with Crippen molar-refractivity contribution in [3.8, 4) is 10.4 Å². The van der Waals surface area contributed by atoms with Crippen LogP contribution in [0, 0.1) is 12.8 Å². The maximum atomic E-state index is 12.0. The van der Waals surface area contributed by atoms with Gasteiger partial charge < -0.3 is 4.98 Å². The molecule has 1 saturated heterocycles. The summed E-state index contributed by atoms with van der Waals surface area (Å²) in [6.07, 6.45) is 4.54. The SMILES string of the molecule is CCc1cc(-c2ccc(CN3CCC(Cc4ccccc4)CC3)s2)c(C)[nH]c1=O.Cl. The molecule has 3 aromatic rings. The number of aryl methyl sites for hydroxylation is 2.